The number of hydrogen-bond acceptors (Lipinski definition) is 3. The first-order chi connectivity index (χ1) is 5.25. The zero-order chi connectivity index (χ0) is 8.27. The highest BCUT2D eigenvalue weighted by Gasteiger charge is 2.05. The second kappa shape index (κ2) is 3.37. The van der Waals surface area contributed by atoms with Gasteiger partial charge in [0.15, 0.2) is 0 Å². The van der Waals surface area contributed by atoms with E-state index in [1.165, 1.54) is 0 Å². The summed E-state index contributed by atoms with van der Waals surface area (Å²) in [5, 5.41) is 9.32. The summed E-state index contributed by atoms with van der Waals surface area (Å²) in [7, 11) is 0. The summed E-state index contributed by atoms with van der Waals surface area (Å²) < 4.78 is 0. The van der Waals surface area contributed by atoms with E-state index in [4.69, 9.17) is 5.84 Å². The molecule has 0 aromatic heterocycles. The van der Waals surface area contributed by atoms with E-state index >= 15 is 0 Å². The molecule has 0 bridgehead atoms. The Hall–Kier alpha value is -1.06. The van der Waals surface area contributed by atoms with Crippen molar-refractivity contribution in [3.63, 3.8) is 0 Å². The van der Waals surface area contributed by atoms with Crippen molar-refractivity contribution in [2.75, 3.05) is 0 Å². The van der Waals surface area contributed by atoms with Gasteiger partial charge in [0.1, 0.15) is 5.75 Å². The van der Waals surface area contributed by atoms with Crippen molar-refractivity contribution in [3.05, 3.63) is 29.8 Å². The number of nitrogens with one attached hydrogen (secondary N) is 1. The van der Waals surface area contributed by atoms with Gasteiger partial charge in [0, 0.05) is 11.6 Å². The number of hydrazine groups is 1. The molecule has 0 saturated heterocycles. The normalized spacial score (nSPS) is 12.9. The van der Waals surface area contributed by atoms with Crippen molar-refractivity contribution < 1.29 is 5.11 Å². The van der Waals surface area contributed by atoms with Crippen LogP contribution in [0.2, 0.25) is 0 Å². The minimum absolute atomic E-state index is 0.0174. The van der Waals surface area contributed by atoms with Crippen molar-refractivity contribution in [3.8, 4) is 5.75 Å². The molecule has 0 heterocycles. The molecule has 0 unspecified atom stereocenters. The number of phenols is 1. The number of benzene rings is 1. The maximum atomic E-state index is 9.32. The van der Waals surface area contributed by atoms with Crippen molar-refractivity contribution in [2.45, 2.75) is 13.0 Å². The van der Waals surface area contributed by atoms with Crippen molar-refractivity contribution in [1.29, 1.82) is 0 Å². The third kappa shape index (κ3) is 1.69. The summed E-state index contributed by atoms with van der Waals surface area (Å²) in [4.78, 5) is 0. The number of phenolic OH excluding ortho intramolecular Hbond substituents is 1. The topological polar surface area (TPSA) is 58.3 Å². The van der Waals surface area contributed by atoms with Crippen LogP contribution in [0.15, 0.2) is 24.3 Å². The Bertz CT molecular complexity index is 237. The molecule has 3 heteroatoms. The minimum atomic E-state index is -0.0174. The SMILES string of the molecule is C[C@@H](NN)c1ccccc1O. The lowest BCUT2D eigenvalue weighted by Gasteiger charge is -2.10. The van der Waals surface area contributed by atoms with Gasteiger partial charge >= 0.3 is 0 Å². The van der Waals surface area contributed by atoms with Crippen LogP contribution < -0.4 is 11.3 Å². The van der Waals surface area contributed by atoms with Crippen LogP contribution in [0.1, 0.15) is 18.5 Å². The fourth-order valence-corrected chi connectivity index (χ4v) is 0.943. The number of para-hydroxylation sites is 1. The van der Waals surface area contributed by atoms with Crippen LogP contribution in [0.4, 0.5) is 0 Å². The molecular weight excluding hydrogens is 140 g/mol. The van der Waals surface area contributed by atoms with Crippen LogP contribution >= 0.6 is 0 Å². The largest absolute Gasteiger partial charge is 0.508 e. The van der Waals surface area contributed by atoms with E-state index in [1.807, 2.05) is 19.1 Å². The Balaban J connectivity index is 2.93. The lowest BCUT2D eigenvalue weighted by Crippen LogP contribution is -2.25. The van der Waals surface area contributed by atoms with Crippen molar-refractivity contribution in [1.82, 2.24) is 5.43 Å². The molecular formula is C8H12N2O. The van der Waals surface area contributed by atoms with Gasteiger partial charge in [0.05, 0.1) is 0 Å². The molecule has 0 amide bonds. The molecule has 3 nitrogen and oxygen atoms in total. The Labute approximate surface area is 65.8 Å². The first kappa shape index (κ1) is 8.04. The van der Waals surface area contributed by atoms with Gasteiger partial charge in [-0.05, 0) is 13.0 Å². The van der Waals surface area contributed by atoms with Gasteiger partial charge in [-0.2, -0.15) is 0 Å². The average Bonchev–Trinajstić information content (AvgIpc) is 2.04. The van der Waals surface area contributed by atoms with E-state index in [-0.39, 0.29) is 11.8 Å². The number of rotatable bonds is 2. The van der Waals surface area contributed by atoms with E-state index in [2.05, 4.69) is 5.43 Å². The monoisotopic (exact) mass is 152 g/mol. The molecule has 0 aliphatic heterocycles. The molecule has 11 heavy (non-hydrogen) atoms. The van der Waals surface area contributed by atoms with Crippen LogP contribution in [-0.2, 0) is 0 Å². The summed E-state index contributed by atoms with van der Waals surface area (Å²) in [5.74, 6) is 5.49. The zero-order valence-corrected chi connectivity index (χ0v) is 6.41. The summed E-state index contributed by atoms with van der Waals surface area (Å²) in [5.41, 5.74) is 3.38. The molecule has 0 aliphatic rings. The smallest absolute Gasteiger partial charge is 0.120 e. The van der Waals surface area contributed by atoms with Gasteiger partial charge < -0.3 is 5.11 Å². The predicted octanol–water partition coefficient (Wildman–Crippen LogP) is 0.917. The van der Waals surface area contributed by atoms with Crippen molar-refractivity contribution >= 4 is 0 Å². The highest BCUT2D eigenvalue weighted by molar-refractivity contribution is 5.33. The van der Waals surface area contributed by atoms with E-state index in [0.29, 0.717) is 0 Å². The average molecular weight is 152 g/mol. The fourth-order valence-electron chi connectivity index (χ4n) is 0.943. The molecule has 0 aliphatic carbocycles. The van der Waals surface area contributed by atoms with Gasteiger partial charge in [0.2, 0.25) is 0 Å². The maximum Gasteiger partial charge on any atom is 0.120 e. The molecule has 1 aromatic carbocycles. The van der Waals surface area contributed by atoms with Crippen LogP contribution in [0.5, 0.6) is 5.75 Å². The van der Waals surface area contributed by atoms with Crippen LogP contribution in [-0.4, -0.2) is 5.11 Å². The van der Waals surface area contributed by atoms with Gasteiger partial charge in [-0.3, -0.25) is 11.3 Å². The maximum absolute atomic E-state index is 9.32. The summed E-state index contributed by atoms with van der Waals surface area (Å²) >= 11 is 0. The Morgan fingerprint density at radius 3 is 2.64 bits per heavy atom. The van der Waals surface area contributed by atoms with Gasteiger partial charge in [0.25, 0.3) is 0 Å². The number of aromatic hydroxyl groups is 1. The first-order valence-electron chi connectivity index (χ1n) is 3.49. The number of hydrogen-bond donors (Lipinski definition) is 3. The van der Waals surface area contributed by atoms with Crippen molar-refractivity contribution in [2.24, 2.45) is 5.84 Å². The Morgan fingerprint density at radius 1 is 1.45 bits per heavy atom. The van der Waals surface area contributed by atoms with E-state index < -0.39 is 0 Å². The molecule has 0 spiro atoms. The Kier molecular flexibility index (Phi) is 2.46. The van der Waals surface area contributed by atoms with Gasteiger partial charge in [-0.1, -0.05) is 18.2 Å². The van der Waals surface area contributed by atoms with Crippen LogP contribution in [0, 0.1) is 0 Å². The zero-order valence-electron chi connectivity index (χ0n) is 6.41. The fraction of sp³-hybridized carbons (Fsp3) is 0.250. The summed E-state index contributed by atoms with van der Waals surface area (Å²) in [6.45, 7) is 1.88. The molecule has 0 radical (unpaired) electrons. The highest BCUT2D eigenvalue weighted by atomic mass is 16.3. The quantitative estimate of drug-likeness (QED) is 0.436. The summed E-state index contributed by atoms with van der Waals surface area (Å²) in [6, 6.07) is 7.10. The standard InChI is InChI=1S/C8H12N2O/c1-6(10-9)7-4-2-3-5-8(7)11/h2-6,10-11H,9H2,1H3/t6-/m1/s1. The molecule has 1 atom stereocenters. The second-order valence-electron chi connectivity index (χ2n) is 2.45. The molecule has 4 N–H and O–H groups in total. The van der Waals surface area contributed by atoms with Gasteiger partial charge in [-0.25, -0.2) is 0 Å². The molecule has 1 aromatic rings. The number of nitrogens with two attached hydrogens (primary N) is 1. The molecule has 60 valence electrons. The molecule has 0 saturated carbocycles. The van der Waals surface area contributed by atoms with Crippen LogP contribution in [0.25, 0.3) is 0 Å². The van der Waals surface area contributed by atoms with Gasteiger partial charge in [-0.15, -0.1) is 0 Å². The summed E-state index contributed by atoms with van der Waals surface area (Å²) in [6.07, 6.45) is 0. The second-order valence-corrected chi connectivity index (χ2v) is 2.45. The van der Waals surface area contributed by atoms with E-state index in [1.54, 1.807) is 12.1 Å². The predicted molar refractivity (Wildman–Crippen MR) is 43.8 cm³/mol. The lowest BCUT2D eigenvalue weighted by atomic mass is 10.1. The highest BCUT2D eigenvalue weighted by Crippen LogP contribution is 2.21. The third-order valence-electron chi connectivity index (χ3n) is 1.65. The van der Waals surface area contributed by atoms with E-state index in [0.717, 1.165) is 5.56 Å². The third-order valence-corrected chi connectivity index (χ3v) is 1.65. The lowest BCUT2D eigenvalue weighted by molar-refractivity contribution is 0.454. The van der Waals surface area contributed by atoms with E-state index in [9.17, 15) is 5.11 Å². The minimum Gasteiger partial charge on any atom is -0.508 e. The Morgan fingerprint density at radius 2 is 2.09 bits per heavy atom. The molecule has 0 fully saturated rings. The first-order valence-corrected chi connectivity index (χ1v) is 3.49. The molecule has 1 rings (SSSR count). The van der Waals surface area contributed by atoms with Crippen LogP contribution in [0.3, 0.4) is 0 Å².